The number of benzene rings is 2. The number of nitrogens with one attached hydrogen (secondary N) is 2. The van der Waals surface area contributed by atoms with E-state index in [1.54, 1.807) is 0 Å². The summed E-state index contributed by atoms with van der Waals surface area (Å²) in [7, 11) is 0. The van der Waals surface area contributed by atoms with Crippen LogP contribution in [0, 0.1) is 11.7 Å². The summed E-state index contributed by atoms with van der Waals surface area (Å²) < 4.78 is 8.04. The molecule has 184 valence electrons. The number of morpholine rings is 1. The summed E-state index contributed by atoms with van der Waals surface area (Å²) >= 11 is 5.37. The standard InChI is InChI=1S/C26H31N5O3S/c1-17-5-4-6-22(13-17)24-28-29-26(35)31(24)12-11-23(32)27-14-20-7-9-21(10-8-20)25(33)30-15-18(2)34-19(3)16-30/h4-10,13,18-19H,11-12,14-16H2,1-3H3,(H,27,32)(H,29,35). The van der Waals surface area contributed by atoms with Gasteiger partial charge in [0.2, 0.25) is 5.91 Å². The third-order valence-corrected chi connectivity index (χ3v) is 6.31. The van der Waals surface area contributed by atoms with E-state index in [1.165, 1.54) is 0 Å². The van der Waals surface area contributed by atoms with Gasteiger partial charge in [0.25, 0.3) is 5.91 Å². The Kier molecular flexibility index (Phi) is 7.77. The van der Waals surface area contributed by atoms with Gasteiger partial charge in [-0.1, -0.05) is 35.9 Å². The van der Waals surface area contributed by atoms with Gasteiger partial charge in [-0.05, 0) is 56.8 Å². The first kappa shape index (κ1) is 24.8. The fourth-order valence-electron chi connectivity index (χ4n) is 4.32. The second-order valence-corrected chi connectivity index (χ2v) is 9.45. The van der Waals surface area contributed by atoms with E-state index in [2.05, 4.69) is 15.5 Å². The Morgan fingerprint density at radius 3 is 2.54 bits per heavy atom. The van der Waals surface area contributed by atoms with E-state index < -0.39 is 0 Å². The highest BCUT2D eigenvalue weighted by molar-refractivity contribution is 7.71. The topological polar surface area (TPSA) is 92.2 Å². The molecule has 3 aromatic rings. The van der Waals surface area contributed by atoms with Gasteiger partial charge in [-0.25, -0.2) is 0 Å². The zero-order valence-corrected chi connectivity index (χ0v) is 21.1. The molecule has 2 unspecified atom stereocenters. The van der Waals surface area contributed by atoms with E-state index in [9.17, 15) is 9.59 Å². The average molecular weight is 494 g/mol. The Hall–Kier alpha value is -3.30. The number of carbonyl (C=O) groups is 2. The second kappa shape index (κ2) is 11.0. The number of rotatable bonds is 7. The number of ether oxygens (including phenoxy) is 1. The number of nitrogens with zero attached hydrogens (tertiary/aromatic N) is 3. The zero-order chi connectivity index (χ0) is 24.9. The monoisotopic (exact) mass is 493 g/mol. The lowest BCUT2D eigenvalue weighted by molar-refractivity contribution is -0.121. The van der Waals surface area contributed by atoms with Gasteiger partial charge in [0, 0.05) is 43.7 Å². The van der Waals surface area contributed by atoms with Crippen LogP contribution in [-0.2, 0) is 22.6 Å². The van der Waals surface area contributed by atoms with Crippen molar-refractivity contribution in [1.29, 1.82) is 0 Å². The number of carbonyl (C=O) groups excluding carboxylic acids is 2. The minimum Gasteiger partial charge on any atom is -0.372 e. The molecule has 0 aliphatic carbocycles. The van der Waals surface area contributed by atoms with Crippen LogP contribution in [0.25, 0.3) is 11.4 Å². The van der Waals surface area contributed by atoms with Crippen LogP contribution in [0.4, 0.5) is 0 Å². The first-order chi connectivity index (χ1) is 16.8. The smallest absolute Gasteiger partial charge is 0.254 e. The van der Waals surface area contributed by atoms with Gasteiger partial charge in [-0.3, -0.25) is 19.3 Å². The van der Waals surface area contributed by atoms with Crippen molar-refractivity contribution in [1.82, 2.24) is 25.0 Å². The number of hydrogen-bond donors (Lipinski definition) is 2. The third kappa shape index (κ3) is 6.23. The molecule has 2 heterocycles. The molecule has 0 saturated carbocycles. The number of aromatic nitrogens is 3. The highest BCUT2D eigenvalue weighted by atomic mass is 32.1. The van der Waals surface area contributed by atoms with E-state index in [0.29, 0.717) is 36.5 Å². The van der Waals surface area contributed by atoms with Crippen molar-refractivity contribution in [3.63, 3.8) is 0 Å². The third-order valence-electron chi connectivity index (χ3n) is 5.99. The van der Waals surface area contributed by atoms with Crippen LogP contribution in [0.5, 0.6) is 0 Å². The predicted molar refractivity (Wildman–Crippen MR) is 136 cm³/mol. The van der Waals surface area contributed by atoms with Crippen molar-refractivity contribution in [3.05, 3.63) is 70.0 Å². The fraction of sp³-hybridized carbons (Fsp3) is 0.385. The van der Waals surface area contributed by atoms with Crippen molar-refractivity contribution in [2.45, 2.75) is 52.5 Å². The molecule has 0 radical (unpaired) electrons. The Labute approximate surface area is 210 Å². The lowest BCUT2D eigenvalue weighted by Crippen LogP contribution is -2.48. The van der Waals surface area contributed by atoms with Crippen LogP contribution < -0.4 is 5.32 Å². The molecule has 2 N–H and O–H groups in total. The summed E-state index contributed by atoms with van der Waals surface area (Å²) in [6.45, 7) is 7.97. The molecule has 2 amide bonds. The van der Waals surface area contributed by atoms with Crippen LogP contribution in [-0.4, -0.2) is 56.8 Å². The van der Waals surface area contributed by atoms with Gasteiger partial charge in [-0.2, -0.15) is 5.10 Å². The summed E-state index contributed by atoms with van der Waals surface area (Å²) in [5, 5.41) is 10.1. The second-order valence-electron chi connectivity index (χ2n) is 9.06. The molecule has 2 atom stereocenters. The lowest BCUT2D eigenvalue weighted by Gasteiger charge is -2.35. The number of hydrogen-bond acceptors (Lipinski definition) is 5. The molecular formula is C26H31N5O3S. The summed E-state index contributed by atoms with van der Waals surface area (Å²) in [6.07, 6.45) is 0.334. The molecule has 35 heavy (non-hydrogen) atoms. The number of amides is 2. The summed E-state index contributed by atoms with van der Waals surface area (Å²) in [4.78, 5) is 27.2. The normalized spacial score (nSPS) is 17.9. The average Bonchev–Trinajstić information content (AvgIpc) is 3.21. The van der Waals surface area contributed by atoms with Crippen molar-refractivity contribution in [3.8, 4) is 11.4 Å². The first-order valence-corrected chi connectivity index (χ1v) is 12.2. The molecule has 1 aromatic heterocycles. The van der Waals surface area contributed by atoms with Gasteiger partial charge in [-0.15, -0.1) is 0 Å². The largest absolute Gasteiger partial charge is 0.372 e. The summed E-state index contributed by atoms with van der Waals surface area (Å²) in [6, 6.07) is 15.4. The summed E-state index contributed by atoms with van der Waals surface area (Å²) in [5.41, 5.74) is 3.65. The molecule has 4 rings (SSSR count). The van der Waals surface area contributed by atoms with Crippen LogP contribution in [0.15, 0.2) is 48.5 Å². The van der Waals surface area contributed by atoms with Crippen LogP contribution in [0.2, 0.25) is 0 Å². The highest BCUT2D eigenvalue weighted by Crippen LogP contribution is 2.19. The van der Waals surface area contributed by atoms with Gasteiger partial charge in [0.1, 0.15) is 0 Å². The number of aryl methyl sites for hydroxylation is 1. The Bertz CT molecular complexity index is 1240. The van der Waals surface area contributed by atoms with Gasteiger partial charge >= 0.3 is 0 Å². The van der Waals surface area contributed by atoms with Crippen LogP contribution in [0.3, 0.4) is 0 Å². The fourth-order valence-corrected chi connectivity index (χ4v) is 4.55. The van der Waals surface area contributed by atoms with Crippen molar-refractivity contribution in [2.24, 2.45) is 0 Å². The minimum absolute atomic E-state index is 0.00357. The molecular weight excluding hydrogens is 462 g/mol. The van der Waals surface area contributed by atoms with Crippen LogP contribution >= 0.6 is 12.2 Å². The van der Waals surface area contributed by atoms with E-state index >= 15 is 0 Å². The zero-order valence-electron chi connectivity index (χ0n) is 20.3. The molecule has 0 bridgehead atoms. The lowest BCUT2D eigenvalue weighted by atomic mass is 10.1. The molecule has 1 saturated heterocycles. The molecule has 1 fully saturated rings. The Morgan fingerprint density at radius 2 is 1.86 bits per heavy atom. The van der Waals surface area contributed by atoms with Gasteiger partial charge < -0.3 is 15.0 Å². The molecule has 0 spiro atoms. The molecule has 1 aliphatic rings. The van der Waals surface area contributed by atoms with Crippen molar-refractivity contribution < 1.29 is 14.3 Å². The van der Waals surface area contributed by atoms with E-state index in [4.69, 9.17) is 17.0 Å². The predicted octanol–water partition coefficient (Wildman–Crippen LogP) is 3.87. The molecule has 8 nitrogen and oxygen atoms in total. The molecule has 9 heteroatoms. The first-order valence-electron chi connectivity index (χ1n) is 11.8. The summed E-state index contributed by atoms with van der Waals surface area (Å²) in [5.74, 6) is 0.638. The van der Waals surface area contributed by atoms with E-state index in [0.717, 1.165) is 22.5 Å². The molecule has 1 aliphatic heterocycles. The number of aromatic amines is 1. The maximum atomic E-state index is 12.8. The van der Waals surface area contributed by atoms with E-state index in [1.807, 2.05) is 78.8 Å². The minimum atomic E-state index is -0.0836. The van der Waals surface area contributed by atoms with Gasteiger partial charge in [0.15, 0.2) is 10.6 Å². The Morgan fingerprint density at radius 1 is 1.14 bits per heavy atom. The van der Waals surface area contributed by atoms with Crippen LogP contribution in [0.1, 0.15) is 41.8 Å². The van der Waals surface area contributed by atoms with E-state index in [-0.39, 0.29) is 30.4 Å². The van der Waals surface area contributed by atoms with Crippen molar-refractivity contribution >= 4 is 24.0 Å². The maximum Gasteiger partial charge on any atom is 0.254 e. The van der Waals surface area contributed by atoms with Gasteiger partial charge in [0.05, 0.1) is 12.2 Å². The quantitative estimate of drug-likeness (QED) is 0.488. The Balaban J connectivity index is 1.30. The highest BCUT2D eigenvalue weighted by Gasteiger charge is 2.26. The molecule has 2 aromatic carbocycles. The van der Waals surface area contributed by atoms with Crippen molar-refractivity contribution in [2.75, 3.05) is 13.1 Å². The maximum absolute atomic E-state index is 12.8. The SMILES string of the molecule is Cc1cccc(-c2n[nH]c(=S)n2CCC(=O)NCc2ccc(C(=O)N3CC(C)OC(C)C3)cc2)c1. The number of H-pyrrole nitrogens is 1.